The molecular formula is C7H9ClFNS. The molecule has 0 aromatic carbocycles. The molecule has 1 atom stereocenters. The largest absolute Gasteiger partial charge is 0.330 e. The average Bonchev–Trinajstić information content (AvgIpc) is 2.36. The zero-order valence-electron chi connectivity index (χ0n) is 5.89. The quantitative estimate of drug-likeness (QED) is 0.785. The molecule has 0 saturated carbocycles. The minimum Gasteiger partial charge on any atom is -0.330 e. The molecule has 1 unspecified atom stereocenters. The van der Waals surface area contributed by atoms with Crippen LogP contribution >= 0.6 is 22.9 Å². The van der Waals surface area contributed by atoms with Crippen LogP contribution in [0.3, 0.4) is 0 Å². The molecule has 0 aliphatic rings. The predicted molar refractivity (Wildman–Crippen MR) is 46.8 cm³/mol. The lowest BCUT2D eigenvalue weighted by molar-refractivity contribution is 0.333. The fourth-order valence-corrected chi connectivity index (χ4v) is 1.87. The standard InChI is InChI=1S/C7H9ClFNS/c8-5-3-7(11-4-5)6(9)1-2-10/h3-4,6H,1-2,10H2. The van der Waals surface area contributed by atoms with E-state index in [0.717, 1.165) is 0 Å². The Hall–Kier alpha value is -0.120. The Kier molecular flexibility index (Phi) is 3.30. The minimum absolute atomic E-state index is 0.372. The summed E-state index contributed by atoms with van der Waals surface area (Å²) in [6, 6.07) is 1.65. The highest BCUT2D eigenvalue weighted by molar-refractivity contribution is 7.10. The molecule has 1 heterocycles. The summed E-state index contributed by atoms with van der Waals surface area (Å²) in [6.07, 6.45) is -0.575. The van der Waals surface area contributed by atoms with E-state index in [0.29, 0.717) is 22.9 Å². The molecule has 0 bridgehead atoms. The Morgan fingerprint density at radius 2 is 2.45 bits per heavy atom. The van der Waals surface area contributed by atoms with Gasteiger partial charge in [0.05, 0.1) is 5.02 Å². The highest BCUT2D eigenvalue weighted by Gasteiger charge is 2.10. The summed E-state index contributed by atoms with van der Waals surface area (Å²) in [4.78, 5) is 0.667. The Balaban J connectivity index is 2.60. The van der Waals surface area contributed by atoms with Gasteiger partial charge in [0.2, 0.25) is 0 Å². The Labute approximate surface area is 74.0 Å². The summed E-state index contributed by atoms with van der Waals surface area (Å²) in [6.45, 7) is 0.372. The van der Waals surface area contributed by atoms with E-state index in [2.05, 4.69) is 0 Å². The van der Waals surface area contributed by atoms with Gasteiger partial charge in [-0.3, -0.25) is 0 Å². The molecule has 0 amide bonds. The van der Waals surface area contributed by atoms with Crippen molar-refractivity contribution in [2.24, 2.45) is 5.73 Å². The zero-order chi connectivity index (χ0) is 8.27. The van der Waals surface area contributed by atoms with Crippen molar-refractivity contribution >= 4 is 22.9 Å². The second kappa shape index (κ2) is 4.04. The van der Waals surface area contributed by atoms with Gasteiger partial charge in [-0.05, 0) is 19.0 Å². The van der Waals surface area contributed by atoms with Gasteiger partial charge < -0.3 is 5.73 Å². The van der Waals surface area contributed by atoms with Crippen molar-refractivity contribution < 1.29 is 4.39 Å². The van der Waals surface area contributed by atoms with Crippen LogP contribution in [-0.2, 0) is 0 Å². The van der Waals surface area contributed by atoms with Crippen molar-refractivity contribution in [1.82, 2.24) is 0 Å². The number of hydrogen-bond donors (Lipinski definition) is 1. The molecule has 1 aromatic rings. The minimum atomic E-state index is -0.947. The van der Waals surface area contributed by atoms with Crippen LogP contribution in [0.5, 0.6) is 0 Å². The van der Waals surface area contributed by atoms with Crippen LogP contribution < -0.4 is 5.73 Å². The van der Waals surface area contributed by atoms with Crippen LogP contribution in [0, 0.1) is 0 Å². The Bertz CT molecular complexity index is 226. The van der Waals surface area contributed by atoms with Gasteiger partial charge in [-0.2, -0.15) is 0 Å². The third-order valence-electron chi connectivity index (χ3n) is 1.32. The van der Waals surface area contributed by atoms with Gasteiger partial charge in [-0.15, -0.1) is 11.3 Å². The number of nitrogens with two attached hydrogens (primary N) is 1. The van der Waals surface area contributed by atoms with Crippen LogP contribution in [0.2, 0.25) is 5.02 Å². The molecule has 0 aliphatic heterocycles. The summed E-state index contributed by atoms with van der Waals surface area (Å²) < 4.78 is 13.0. The summed E-state index contributed by atoms with van der Waals surface area (Å²) in [5.41, 5.74) is 5.21. The number of thiophene rings is 1. The third-order valence-corrected chi connectivity index (χ3v) is 2.68. The van der Waals surface area contributed by atoms with E-state index >= 15 is 0 Å². The number of hydrogen-bond acceptors (Lipinski definition) is 2. The van der Waals surface area contributed by atoms with Crippen molar-refractivity contribution in [2.45, 2.75) is 12.6 Å². The first-order valence-corrected chi connectivity index (χ1v) is 4.58. The van der Waals surface area contributed by atoms with Crippen molar-refractivity contribution in [3.05, 3.63) is 21.3 Å². The van der Waals surface area contributed by atoms with Crippen LogP contribution in [0.15, 0.2) is 11.4 Å². The third kappa shape index (κ3) is 2.43. The second-order valence-electron chi connectivity index (χ2n) is 2.21. The molecule has 0 spiro atoms. The fourth-order valence-electron chi connectivity index (χ4n) is 0.781. The Morgan fingerprint density at radius 1 is 1.73 bits per heavy atom. The van der Waals surface area contributed by atoms with Crippen molar-refractivity contribution in [2.75, 3.05) is 6.54 Å². The average molecular weight is 194 g/mol. The van der Waals surface area contributed by atoms with Gasteiger partial charge in [0, 0.05) is 10.3 Å². The smallest absolute Gasteiger partial charge is 0.135 e. The number of rotatable bonds is 3. The van der Waals surface area contributed by atoms with E-state index in [1.165, 1.54) is 11.3 Å². The second-order valence-corrected chi connectivity index (χ2v) is 3.59. The first kappa shape index (κ1) is 8.97. The molecule has 0 fully saturated rings. The van der Waals surface area contributed by atoms with Gasteiger partial charge in [-0.1, -0.05) is 11.6 Å². The first-order valence-electron chi connectivity index (χ1n) is 3.32. The van der Waals surface area contributed by atoms with E-state index in [9.17, 15) is 4.39 Å². The van der Waals surface area contributed by atoms with E-state index < -0.39 is 6.17 Å². The summed E-state index contributed by atoms with van der Waals surface area (Å²) in [7, 11) is 0. The zero-order valence-corrected chi connectivity index (χ0v) is 7.46. The van der Waals surface area contributed by atoms with E-state index in [-0.39, 0.29) is 0 Å². The first-order chi connectivity index (χ1) is 5.24. The van der Waals surface area contributed by atoms with Crippen molar-refractivity contribution in [3.63, 3.8) is 0 Å². The molecule has 11 heavy (non-hydrogen) atoms. The molecular weight excluding hydrogens is 185 g/mol. The van der Waals surface area contributed by atoms with E-state index in [4.69, 9.17) is 17.3 Å². The number of alkyl halides is 1. The van der Waals surface area contributed by atoms with E-state index in [1.54, 1.807) is 11.4 Å². The molecule has 1 aromatic heterocycles. The molecule has 1 nitrogen and oxygen atoms in total. The number of halogens is 2. The van der Waals surface area contributed by atoms with Gasteiger partial charge in [0.25, 0.3) is 0 Å². The van der Waals surface area contributed by atoms with Gasteiger partial charge in [0.1, 0.15) is 6.17 Å². The molecule has 4 heteroatoms. The maximum absolute atomic E-state index is 13.0. The van der Waals surface area contributed by atoms with Crippen LogP contribution in [0.4, 0.5) is 4.39 Å². The maximum Gasteiger partial charge on any atom is 0.135 e. The summed E-state index contributed by atoms with van der Waals surface area (Å²) >= 11 is 6.95. The van der Waals surface area contributed by atoms with Crippen molar-refractivity contribution in [3.8, 4) is 0 Å². The molecule has 1 rings (SSSR count). The van der Waals surface area contributed by atoms with Gasteiger partial charge in [-0.25, -0.2) is 4.39 Å². The highest BCUT2D eigenvalue weighted by Crippen LogP contribution is 2.29. The normalized spacial score (nSPS) is 13.4. The topological polar surface area (TPSA) is 26.0 Å². The van der Waals surface area contributed by atoms with Crippen LogP contribution in [0.1, 0.15) is 17.5 Å². The molecule has 62 valence electrons. The fraction of sp³-hybridized carbons (Fsp3) is 0.429. The van der Waals surface area contributed by atoms with E-state index in [1.807, 2.05) is 0 Å². The van der Waals surface area contributed by atoms with Crippen molar-refractivity contribution in [1.29, 1.82) is 0 Å². The lowest BCUT2D eigenvalue weighted by atomic mass is 10.2. The van der Waals surface area contributed by atoms with Gasteiger partial charge in [0.15, 0.2) is 0 Å². The molecule has 2 N–H and O–H groups in total. The highest BCUT2D eigenvalue weighted by atomic mass is 35.5. The van der Waals surface area contributed by atoms with Crippen LogP contribution in [0.25, 0.3) is 0 Å². The molecule has 0 saturated heterocycles. The maximum atomic E-state index is 13.0. The predicted octanol–water partition coefficient (Wildman–Crippen LogP) is 2.76. The van der Waals surface area contributed by atoms with Crippen LogP contribution in [-0.4, -0.2) is 6.54 Å². The summed E-state index contributed by atoms with van der Waals surface area (Å²) in [5.74, 6) is 0. The summed E-state index contributed by atoms with van der Waals surface area (Å²) in [5, 5.41) is 2.32. The molecule has 0 aliphatic carbocycles. The lowest BCUT2D eigenvalue weighted by Crippen LogP contribution is -2.02. The Morgan fingerprint density at radius 3 is 2.91 bits per heavy atom. The monoisotopic (exact) mass is 193 g/mol. The SMILES string of the molecule is NCCC(F)c1cc(Cl)cs1. The molecule has 0 radical (unpaired) electrons. The lowest BCUT2D eigenvalue weighted by Gasteiger charge is -2.01. The van der Waals surface area contributed by atoms with Gasteiger partial charge >= 0.3 is 0 Å².